The van der Waals surface area contributed by atoms with Gasteiger partial charge < -0.3 is 0 Å². The van der Waals surface area contributed by atoms with Gasteiger partial charge in [-0.15, -0.1) is 19.8 Å². The quantitative estimate of drug-likeness (QED) is 0.142. The van der Waals surface area contributed by atoms with Crippen molar-refractivity contribution >= 4 is 0 Å². The predicted molar refractivity (Wildman–Crippen MR) is 113 cm³/mol. The molecule has 48 heteroatoms. The molecular formula is C22F40O8. The van der Waals surface area contributed by atoms with Gasteiger partial charge in [-0.25, -0.2) is 0 Å². The molecule has 4 saturated carbocycles. The Morgan fingerprint density at radius 1 is 0.200 bits per heavy atom. The molecule has 0 spiro atoms. The van der Waals surface area contributed by atoms with Crippen molar-refractivity contribution in [3.8, 4) is 0 Å². The Labute approximate surface area is 347 Å². The molecule has 0 aliphatic heterocycles. The van der Waals surface area contributed by atoms with Gasteiger partial charge in [-0.2, -0.15) is 158 Å². The third kappa shape index (κ3) is 5.84. The zero-order valence-corrected chi connectivity index (χ0v) is 29.4. The van der Waals surface area contributed by atoms with Crippen LogP contribution in [0.1, 0.15) is 0 Å². The second-order valence-electron chi connectivity index (χ2n) is 13.3. The number of ether oxygens (including phenoxy) is 4. The average molecular weight is 1150 g/mol. The Morgan fingerprint density at radius 3 is 0.371 bits per heavy atom. The van der Waals surface area contributed by atoms with Gasteiger partial charge in [0.1, 0.15) is 0 Å². The summed E-state index contributed by atoms with van der Waals surface area (Å²) < 4.78 is 591. The van der Waals surface area contributed by atoms with E-state index in [1.165, 1.54) is 0 Å². The van der Waals surface area contributed by atoms with Crippen molar-refractivity contribution in [3.05, 3.63) is 0 Å². The fraction of sp³-hybridized carbons (Fsp3) is 1.00. The number of halogens is 40. The lowest BCUT2D eigenvalue weighted by Gasteiger charge is -2.79. The molecule has 0 aromatic carbocycles. The first-order valence-corrected chi connectivity index (χ1v) is 14.9. The maximum atomic E-state index is 16.6. The van der Waals surface area contributed by atoms with Crippen LogP contribution in [0.15, 0.2) is 0 Å². The van der Waals surface area contributed by atoms with Crippen LogP contribution in [0.2, 0.25) is 0 Å². The molecule has 416 valence electrons. The fourth-order valence-electron chi connectivity index (χ4n) is 6.67. The maximum Gasteiger partial charge on any atom is 0.461 e. The van der Waals surface area contributed by atoms with Gasteiger partial charge in [0.25, 0.3) is 22.4 Å². The third-order valence-electron chi connectivity index (χ3n) is 9.81. The van der Waals surface area contributed by atoms with E-state index >= 15 is 87.8 Å². The maximum absolute atomic E-state index is 16.6. The Kier molecular flexibility index (Phi) is 12.9. The first kappa shape index (κ1) is 61.2. The lowest BCUT2D eigenvalue weighted by molar-refractivity contribution is -0.697. The van der Waals surface area contributed by atoms with Crippen molar-refractivity contribution in [2.45, 2.75) is 130 Å². The van der Waals surface area contributed by atoms with E-state index < -0.39 is 130 Å². The van der Waals surface area contributed by atoms with Crippen LogP contribution in [0.4, 0.5) is 176 Å². The fourth-order valence-corrected chi connectivity index (χ4v) is 6.67. The highest BCUT2D eigenvalue weighted by molar-refractivity contribution is 5.55. The molecular weight excluding hydrogens is 1150 g/mol. The van der Waals surface area contributed by atoms with E-state index in [2.05, 4.69) is 0 Å². The minimum atomic E-state index is -10.7. The number of rotatable bonds is 16. The number of hydrogen-bond donors (Lipinski definition) is 0. The topological polar surface area (TPSA) is 73.8 Å². The van der Waals surface area contributed by atoms with Crippen LogP contribution < -0.4 is 0 Å². The summed E-state index contributed by atoms with van der Waals surface area (Å²) in [5.41, 5.74) is -43.0. The van der Waals surface area contributed by atoms with Gasteiger partial charge in [-0.05, 0) is 18.1 Å². The van der Waals surface area contributed by atoms with Gasteiger partial charge in [0.2, 0.25) is 0 Å². The Balaban J connectivity index is 3.18. The Morgan fingerprint density at radius 2 is 0.300 bits per heavy atom. The third-order valence-corrected chi connectivity index (χ3v) is 9.81. The average Bonchev–Trinajstić information content (AvgIpc) is 3.13. The van der Waals surface area contributed by atoms with Gasteiger partial charge in [-0.1, -0.05) is 0 Å². The molecule has 0 aromatic heterocycles. The molecule has 4 aliphatic rings. The van der Waals surface area contributed by atoms with Gasteiger partial charge >= 0.3 is 108 Å². The van der Waals surface area contributed by atoms with E-state index in [1.807, 2.05) is 0 Å². The first-order valence-electron chi connectivity index (χ1n) is 14.9. The molecule has 0 radical (unpaired) electrons. The molecule has 4 bridgehead atoms. The largest absolute Gasteiger partial charge is 0.461 e. The van der Waals surface area contributed by atoms with Crippen molar-refractivity contribution in [2.24, 2.45) is 0 Å². The molecule has 0 N–H and O–H groups in total. The summed E-state index contributed by atoms with van der Waals surface area (Å²) in [6, 6.07) is 0. The Hall–Kier alpha value is -3.12. The Bertz CT molecular complexity index is 1650. The van der Waals surface area contributed by atoms with E-state index in [-0.39, 0.29) is 0 Å². The number of hydrogen-bond acceptors (Lipinski definition) is 8. The first-order chi connectivity index (χ1) is 30.1. The summed E-state index contributed by atoms with van der Waals surface area (Å²) >= 11 is 0. The molecule has 4 rings (SSSR count). The minimum Gasteiger partial charge on any atom is -0.289 e. The van der Waals surface area contributed by atoms with Crippen LogP contribution in [0.5, 0.6) is 0 Å². The van der Waals surface area contributed by atoms with Crippen molar-refractivity contribution < 1.29 is 215 Å². The van der Waals surface area contributed by atoms with Gasteiger partial charge in [0.05, 0.1) is 0 Å². The van der Waals surface area contributed by atoms with Gasteiger partial charge in [-0.3, -0.25) is 18.9 Å². The summed E-state index contributed by atoms with van der Waals surface area (Å²) in [5.74, 6) is -101. The highest BCUT2D eigenvalue weighted by Gasteiger charge is 3.25. The summed E-state index contributed by atoms with van der Waals surface area (Å²) in [4.78, 5) is 2.47. The summed E-state index contributed by atoms with van der Waals surface area (Å²) in [7, 11) is 0. The van der Waals surface area contributed by atoms with Crippen LogP contribution in [-0.2, 0) is 38.7 Å². The lowest BCUT2D eigenvalue weighted by atomic mass is 9.38. The zero-order chi connectivity index (χ0) is 56.7. The second-order valence-corrected chi connectivity index (χ2v) is 13.3. The van der Waals surface area contributed by atoms with Crippen molar-refractivity contribution in [3.63, 3.8) is 0 Å². The zero-order valence-electron chi connectivity index (χ0n) is 29.4. The molecule has 4 unspecified atom stereocenters. The molecule has 70 heavy (non-hydrogen) atoms. The molecule has 0 aromatic rings. The van der Waals surface area contributed by atoms with Crippen LogP contribution in [0.25, 0.3) is 0 Å². The van der Waals surface area contributed by atoms with Gasteiger partial charge in [0, 0.05) is 0 Å². The predicted octanol–water partition coefficient (Wildman–Crippen LogP) is 11.7. The summed E-state index contributed by atoms with van der Waals surface area (Å²) in [6.07, 6.45) is -74.5. The summed E-state index contributed by atoms with van der Waals surface area (Å²) in [6.45, 7) is 0. The van der Waals surface area contributed by atoms with E-state index in [4.69, 9.17) is 0 Å². The van der Waals surface area contributed by atoms with Crippen molar-refractivity contribution in [1.29, 1.82) is 0 Å². The lowest BCUT2D eigenvalue weighted by Crippen LogP contribution is -3.13. The minimum absolute atomic E-state index is 0.618. The van der Waals surface area contributed by atoms with Crippen LogP contribution in [-0.4, -0.2) is 130 Å². The highest BCUT2D eigenvalue weighted by Crippen LogP contribution is 2.90. The highest BCUT2D eigenvalue weighted by atomic mass is 19.4. The molecule has 0 amide bonds. The monoisotopic (exact) mass is 1150 g/mol. The van der Waals surface area contributed by atoms with Crippen molar-refractivity contribution in [1.82, 2.24) is 0 Å². The van der Waals surface area contributed by atoms with E-state index in [1.54, 1.807) is 0 Å². The van der Waals surface area contributed by atoms with Crippen LogP contribution >= 0.6 is 0 Å². The molecule has 0 heterocycles. The van der Waals surface area contributed by atoms with Gasteiger partial charge in [0.15, 0.2) is 0 Å². The molecule has 4 atom stereocenters. The number of alkyl halides is 36. The van der Waals surface area contributed by atoms with E-state index in [9.17, 15) is 88.4 Å². The summed E-state index contributed by atoms with van der Waals surface area (Å²) in [5, 5.41) is 0. The van der Waals surface area contributed by atoms with E-state index in [0.717, 1.165) is 18.9 Å². The van der Waals surface area contributed by atoms with E-state index in [0.29, 0.717) is 19.8 Å². The molecule has 8 nitrogen and oxygen atoms in total. The molecule has 0 saturated heterocycles. The standard InChI is InChI=1S/C22F40O8/c23-5(24)1(63-19(51,52)11(35,67-59)15(39,40)41)6(25,26)3(65-21(55,56)13(37,69-61)17(45,46)47)8(29,30)2(5,64-20(53,54)12(36,68-60)16(42,43)44)9(31,32)4(7(1,27)28,10(3,33)34)66-22(57,58)14(38,70-62)18(48,49)50. The smallest absolute Gasteiger partial charge is 0.289 e. The SMILES string of the molecule is FOC(F)(C(F)(F)F)C(F)(F)OC12C(F)(F)C3(OC(F)(F)C(F)(OF)C(F)(F)F)C(F)(F)C(OC(F)(F)C(F)(OF)C(F)(F)F)(C1(F)F)C(F)(F)C(OC(F)(F)C(F)(OF)C(F)(F)F)(C2(F)F)C3(F)F. The molecule has 4 aliphatic carbocycles. The molecule has 4 fully saturated rings. The normalized spacial score (nSPS) is 33.3. The van der Waals surface area contributed by atoms with Crippen LogP contribution in [0, 0.1) is 0 Å². The van der Waals surface area contributed by atoms with Crippen LogP contribution in [0.3, 0.4) is 0 Å². The van der Waals surface area contributed by atoms with Crippen molar-refractivity contribution in [2.75, 3.05) is 0 Å². The second kappa shape index (κ2) is 14.8.